The summed E-state index contributed by atoms with van der Waals surface area (Å²) in [6.07, 6.45) is 0.425. The van der Waals surface area contributed by atoms with Crippen molar-refractivity contribution < 1.29 is 4.79 Å². The van der Waals surface area contributed by atoms with Gasteiger partial charge in [-0.05, 0) is 12.5 Å². The molecule has 0 amide bonds. The summed E-state index contributed by atoms with van der Waals surface area (Å²) >= 11 is 0. The lowest BCUT2D eigenvalue weighted by molar-refractivity contribution is 0.0927. The molecule has 2 aromatic rings. The van der Waals surface area contributed by atoms with E-state index in [-0.39, 0.29) is 5.78 Å². The first kappa shape index (κ1) is 15.9. The fourth-order valence-electron chi connectivity index (χ4n) is 2.29. The molecule has 0 spiro atoms. The van der Waals surface area contributed by atoms with Gasteiger partial charge in [0.2, 0.25) is 0 Å². The molecule has 0 aliphatic carbocycles. The lowest BCUT2D eigenvalue weighted by Crippen LogP contribution is -2.30. The van der Waals surface area contributed by atoms with Crippen molar-refractivity contribution in [3.05, 3.63) is 71.3 Å². The highest BCUT2D eigenvalue weighted by atomic mass is 16.1. The molecule has 0 aromatic heterocycles. The van der Waals surface area contributed by atoms with Crippen LogP contribution >= 0.6 is 0 Å². The molecule has 0 heterocycles. The second-order valence-corrected chi connectivity index (χ2v) is 5.39. The maximum absolute atomic E-state index is 12.3. The maximum Gasteiger partial charge on any atom is 0.176 e. The number of benzene rings is 2. The van der Waals surface area contributed by atoms with Gasteiger partial charge in [0.25, 0.3) is 0 Å². The molecule has 0 saturated heterocycles. The van der Waals surface area contributed by atoms with Crippen LogP contribution in [0.2, 0.25) is 0 Å². The summed E-state index contributed by atoms with van der Waals surface area (Å²) in [4.78, 5) is 14.4. The summed E-state index contributed by atoms with van der Waals surface area (Å²) in [6, 6.07) is 19.7. The Balaban J connectivity index is 2.04. The first-order valence-corrected chi connectivity index (χ1v) is 7.42. The van der Waals surface area contributed by atoms with Gasteiger partial charge < -0.3 is 0 Å². The molecule has 0 aliphatic heterocycles. The van der Waals surface area contributed by atoms with Crippen LogP contribution in [0.3, 0.4) is 0 Å². The number of carbonyl (C=O) groups excluding carboxylic acids is 1. The van der Waals surface area contributed by atoms with Crippen molar-refractivity contribution in [3.63, 3.8) is 0 Å². The van der Waals surface area contributed by atoms with Gasteiger partial charge >= 0.3 is 0 Å². The third kappa shape index (κ3) is 4.83. The van der Waals surface area contributed by atoms with Gasteiger partial charge in [-0.1, -0.05) is 60.2 Å². The van der Waals surface area contributed by atoms with E-state index in [1.54, 1.807) is 0 Å². The summed E-state index contributed by atoms with van der Waals surface area (Å²) in [5, 5.41) is 8.81. The first-order valence-electron chi connectivity index (χ1n) is 7.42. The number of carbonyl (C=O) groups is 1. The SMILES string of the molecule is Cc1ccc(CN(CCC#N)CC(=O)c2ccccc2)cc1. The maximum atomic E-state index is 12.3. The number of Topliss-reactive ketones (excluding diaryl/α,β-unsaturated/α-hetero) is 1. The van der Waals surface area contributed by atoms with Crippen molar-refractivity contribution in [2.45, 2.75) is 19.9 Å². The highest BCUT2D eigenvalue weighted by Crippen LogP contribution is 2.09. The monoisotopic (exact) mass is 292 g/mol. The molecule has 3 heteroatoms. The zero-order valence-corrected chi connectivity index (χ0v) is 12.8. The minimum absolute atomic E-state index is 0.0886. The summed E-state index contributed by atoms with van der Waals surface area (Å²) in [5.41, 5.74) is 3.09. The summed E-state index contributed by atoms with van der Waals surface area (Å²) in [6.45, 7) is 3.67. The van der Waals surface area contributed by atoms with Crippen molar-refractivity contribution >= 4 is 5.78 Å². The largest absolute Gasteiger partial charge is 0.293 e. The Morgan fingerprint density at radius 1 is 1.09 bits per heavy atom. The molecule has 0 aliphatic rings. The van der Waals surface area contributed by atoms with Crippen LogP contribution in [-0.4, -0.2) is 23.8 Å². The number of hydrogen-bond acceptors (Lipinski definition) is 3. The van der Waals surface area contributed by atoms with E-state index in [0.29, 0.717) is 31.6 Å². The van der Waals surface area contributed by atoms with Gasteiger partial charge in [-0.2, -0.15) is 5.26 Å². The van der Waals surface area contributed by atoms with Crippen LogP contribution in [0.25, 0.3) is 0 Å². The van der Waals surface area contributed by atoms with Gasteiger partial charge in [0.05, 0.1) is 12.6 Å². The summed E-state index contributed by atoms with van der Waals surface area (Å²) in [5.74, 6) is 0.0886. The van der Waals surface area contributed by atoms with E-state index < -0.39 is 0 Å². The third-order valence-electron chi connectivity index (χ3n) is 3.53. The third-order valence-corrected chi connectivity index (χ3v) is 3.53. The molecule has 0 N–H and O–H groups in total. The van der Waals surface area contributed by atoms with Gasteiger partial charge in [0.15, 0.2) is 5.78 Å². The molecule has 112 valence electrons. The van der Waals surface area contributed by atoms with Crippen LogP contribution in [0.5, 0.6) is 0 Å². The topological polar surface area (TPSA) is 44.1 Å². The Bertz CT molecular complexity index is 641. The van der Waals surface area contributed by atoms with E-state index in [2.05, 4.69) is 37.3 Å². The number of ketones is 1. The molecule has 0 bridgehead atoms. The highest BCUT2D eigenvalue weighted by Gasteiger charge is 2.12. The molecule has 0 fully saturated rings. The number of nitrogens with zero attached hydrogens (tertiary/aromatic N) is 2. The quantitative estimate of drug-likeness (QED) is 0.732. The summed E-state index contributed by atoms with van der Waals surface area (Å²) in [7, 11) is 0. The van der Waals surface area contributed by atoms with Gasteiger partial charge in [-0.15, -0.1) is 0 Å². The fourth-order valence-corrected chi connectivity index (χ4v) is 2.29. The van der Waals surface area contributed by atoms with E-state index in [0.717, 1.165) is 5.56 Å². The van der Waals surface area contributed by atoms with E-state index in [1.165, 1.54) is 5.56 Å². The predicted molar refractivity (Wildman–Crippen MR) is 87.5 cm³/mol. The second kappa shape index (κ2) is 8.11. The smallest absolute Gasteiger partial charge is 0.176 e. The van der Waals surface area contributed by atoms with Gasteiger partial charge in [0.1, 0.15) is 0 Å². The normalized spacial score (nSPS) is 10.4. The second-order valence-electron chi connectivity index (χ2n) is 5.39. The molecule has 2 rings (SSSR count). The van der Waals surface area contributed by atoms with Crippen molar-refractivity contribution in [3.8, 4) is 6.07 Å². The average molecular weight is 292 g/mol. The van der Waals surface area contributed by atoms with Gasteiger partial charge in [0, 0.05) is 25.1 Å². The van der Waals surface area contributed by atoms with Gasteiger partial charge in [-0.25, -0.2) is 0 Å². The lowest BCUT2D eigenvalue weighted by Gasteiger charge is -2.20. The van der Waals surface area contributed by atoms with Crippen LogP contribution in [0.4, 0.5) is 0 Å². The standard InChI is InChI=1S/C19H20N2O/c1-16-8-10-17(11-9-16)14-21(13-5-12-20)15-19(22)18-6-3-2-4-7-18/h2-4,6-11H,5,13-15H2,1H3. The highest BCUT2D eigenvalue weighted by molar-refractivity contribution is 5.97. The van der Waals surface area contributed by atoms with Crippen LogP contribution in [0.1, 0.15) is 27.9 Å². The van der Waals surface area contributed by atoms with Gasteiger partial charge in [-0.3, -0.25) is 9.69 Å². The van der Waals surface area contributed by atoms with E-state index in [9.17, 15) is 4.79 Å². The fraction of sp³-hybridized carbons (Fsp3) is 0.263. The molecule has 2 aromatic carbocycles. The molecule has 0 unspecified atom stereocenters. The van der Waals surface area contributed by atoms with Crippen LogP contribution in [0.15, 0.2) is 54.6 Å². The Labute approximate surface area is 131 Å². The van der Waals surface area contributed by atoms with Crippen LogP contribution < -0.4 is 0 Å². The van der Waals surface area contributed by atoms with E-state index >= 15 is 0 Å². The Morgan fingerprint density at radius 3 is 2.41 bits per heavy atom. The zero-order chi connectivity index (χ0) is 15.8. The van der Waals surface area contributed by atoms with Crippen molar-refractivity contribution in [2.75, 3.05) is 13.1 Å². The number of aryl methyl sites for hydroxylation is 1. The minimum Gasteiger partial charge on any atom is -0.293 e. The molecule has 0 radical (unpaired) electrons. The van der Waals surface area contributed by atoms with E-state index in [4.69, 9.17) is 5.26 Å². The first-order chi connectivity index (χ1) is 10.7. The number of rotatable bonds is 7. The van der Waals surface area contributed by atoms with Crippen molar-refractivity contribution in [1.82, 2.24) is 4.90 Å². The lowest BCUT2D eigenvalue weighted by atomic mass is 10.1. The zero-order valence-electron chi connectivity index (χ0n) is 12.8. The number of nitriles is 1. The molecule has 3 nitrogen and oxygen atoms in total. The Morgan fingerprint density at radius 2 is 1.77 bits per heavy atom. The Hall–Kier alpha value is -2.44. The minimum atomic E-state index is 0.0886. The molecule has 0 saturated carbocycles. The molecular weight excluding hydrogens is 272 g/mol. The average Bonchev–Trinajstić information content (AvgIpc) is 2.55. The molecule has 22 heavy (non-hydrogen) atoms. The van der Waals surface area contributed by atoms with Crippen LogP contribution in [0, 0.1) is 18.3 Å². The van der Waals surface area contributed by atoms with Crippen molar-refractivity contribution in [1.29, 1.82) is 5.26 Å². The molecular formula is C19H20N2O. The molecule has 0 atom stereocenters. The number of hydrogen-bond donors (Lipinski definition) is 0. The Kier molecular flexibility index (Phi) is 5.88. The predicted octanol–water partition coefficient (Wildman–Crippen LogP) is 3.59. The summed E-state index contributed by atoms with van der Waals surface area (Å²) < 4.78 is 0. The van der Waals surface area contributed by atoms with Crippen LogP contribution in [-0.2, 0) is 6.54 Å². The van der Waals surface area contributed by atoms with E-state index in [1.807, 2.05) is 35.2 Å². The van der Waals surface area contributed by atoms with Crippen molar-refractivity contribution in [2.24, 2.45) is 0 Å².